The highest BCUT2D eigenvalue weighted by atomic mass is 35.5. The lowest BCUT2D eigenvalue weighted by Crippen LogP contribution is -1.96. The van der Waals surface area contributed by atoms with Crippen molar-refractivity contribution < 1.29 is 4.74 Å². The molecule has 3 nitrogen and oxygen atoms in total. The molecular weight excluding hydrogens is 259 g/mol. The molecule has 88 valence electrons. The Bertz CT molecular complexity index is 517. The van der Waals surface area contributed by atoms with Crippen molar-refractivity contribution in [3.05, 3.63) is 46.4 Å². The van der Waals surface area contributed by atoms with Gasteiger partial charge in [-0.1, -0.05) is 41.4 Å². The predicted molar refractivity (Wildman–Crippen MR) is 70.3 cm³/mol. The SMILES string of the molecule is CNc1nc(Oc2ccccc2)c(Cl)cc1Cl. The molecule has 0 amide bonds. The molecule has 0 saturated carbocycles. The summed E-state index contributed by atoms with van der Waals surface area (Å²) in [5, 5.41) is 3.70. The molecule has 0 unspecified atom stereocenters. The summed E-state index contributed by atoms with van der Waals surface area (Å²) in [6.45, 7) is 0. The Morgan fingerprint density at radius 2 is 1.82 bits per heavy atom. The Labute approximate surface area is 109 Å². The highest BCUT2D eigenvalue weighted by Crippen LogP contribution is 2.33. The van der Waals surface area contributed by atoms with Crippen LogP contribution in [0.3, 0.4) is 0 Å². The van der Waals surface area contributed by atoms with Crippen molar-refractivity contribution in [1.82, 2.24) is 4.98 Å². The van der Waals surface area contributed by atoms with E-state index in [2.05, 4.69) is 10.3 Å². The van der Waals surface area contributed by atoms with Gasteiger partial charge in [-0.15, -0.1) is 0 Å². The first-order valence-corrected chi connectivity index (χ1v) is 5.73. The largest absolute Gasteiger partial charge is 0.437 e. The van der Waals surface area contributed by atoms with E-state index in [0.717, 1.165) is 0 Å². The second kappa shape index (κ2) is 5.25. The summed E-state index contributed by atoms with van der Waals surface area (Å²) < 4.78 is 5.56. The zero-order valence-electron chi connectivity index (χ0n) is 9.08. The molecule has 0 bridgehead atoms. The topological polar surface area (TPSA) is 34.2 Å². The van der Waals surface area contributed by atoms with Crippen LogP contribution in [-0.2, 0) is 0 Å². The number of nitrogens with one attached hydrogen (secondary N) is 1. The summed E-state index contributed by atoms with van der Waals surface area (Å²) in [5.41, 5.74) is 0. The molecule has 2 rings (SSSR count). The van der Waals surface area contributed by atoms with Crippen LogP contribution in [0.25, 0.3) is 0 Å². The minimum atomic E-state index is 0.326. The van der Waals surface area contributed by atoms with E-state index in [9.17, 15) is 0 Å². The first kappa shape index (κ1) is 12.0. The van der Waals surface area contributed by atoms with Gasteiger partial charge in [0, 0.05) is 7.05 Å². The maximum atomic E-state index is 6.01. The third kappa shape index (κ3) is 2.81. The standard InChI is InChI=1S/C12H10Cl2N2O/c1-15-11-9(13)7-10(14)12(16-11)17-8-5-3-2-4-6-8/h2-7H,1H3,(H,15,16). The van der Waals surface area contributed by atoms with Crippen LogP contribution in [0, 0.1) is 0 Å². The van der Waals surface area contributed by atoms with Gasteiger partial charge in [0.25, 0.3) is 0 Å². The molecule has 17 heavy (non-hydrogen) atoms. The molecule has 0 radical (unpaired) electrons. The van der Waals surface area contributed by atoms with Crippen LogP contribution in [0.2, 0.25) is 10.0 Å². The summed E-state index contributed by atoms with van der Waals surface area (Å²) in [7, 11) is 1.73. The summed E-state index contributed by atoms with van der Waals surface area (Å²) in [4.78, 5) is 4.19. The highest BCUT2D eigenvalue weighted by molar-refractivity contribution is 6.36. The molecule has 5 heteroatoms. The highest BCUT2D eigenvalue weighted by Gasteiger charge is 2.10. The van der Waals surface area contributed by atoms with Gasteiger partial charge >= 0.3 is 0 Å². The first-order valence-electron chi connectivity index (χ1n) is 4.97. The van der Waals surface area contributed by atoms with Gasteiger partial charge in [0.05, 0.1) is 5.02 Å². The van der Waals surface area contributed by atoms with Crippen LogP contribution in [0.1, 0.15) is 0 Å². The lowest BCUT2D eigenvalue weighted by Gasteiger charge is -2.09. The number of hydrogen-bond donors (Lipinski definition) is 1. The Morgan fingerprint density at radius 3 is 2.47 bits per heavy atom. The lowest BCUT2D eigenvalue weighted by molar-refractivity contribution is 0.464. The van der Waals surface area contributed by atoms with E-state index in [-0.39, 0.29) is 0 Å². The molecule has 1 aromatic heterocycles. The molecule has 0 spiro atoms. The van der Waals surface area contributed by atoms with Crippen LogP contribution >= 0.6 is 23.2 Å². The normalized spacial score (nSPS) is 10.1. The van der Waals surface area contributed by atoms with Crippen molar-refractivity contribution in [2.24, 2.45) is 0 Å². The van der Waals surface area contributed by atoms with Gasteiger partial charge in [-0.25, -0.2) is 0 Å². The van der Waals surface area contributed by atoms with Gasteiger partial charge in [0.15, 0.2) is 0 Å². The quantitative estimate of drug-likeness (QED) is 0.905. The molecule has 0 fully saturated rings. The van der Waals surface area contributed by atoms with Gasteiger partial charge in [-0.2, -0.15) is 4.98 Å². The van der Waals surface area contributed by atoms with Crippen LogP contribution in [0.4, 0.5) is 5.82 Å². The van der Waals surface area contributed by atoms with Gasteiger partial charge in [-0.3, -0.25) is 0 Å². The molecule has 0 aliphatic heterocycles. The third-order valence-corrected chi connectivity index (χ3v) is 2.65. The Kier molecular flexibility index (Phi) is 3.71. The number of aromatic nitrogens is 1. The second-order valence-electron chi connectivity index (χ2n) is 3.27. The number of hydrogen-bond acceptors (Lipinski definition) is 3. The maximum absolute atomic E-state index is 6.01. The van der Waals surface area contributed by atoms with Crippen molar-refractivity contribution in [3.63, 3.8) is 0 Å². The van der Waals surface area contributed by atoms with Gasteiger partial charge in [-0.05, 0) is 18.2 Å². The molecule has 2 aromatic rings. The van der Waals surface area contributed by atoms with Gasteiger partial charge in [0.2, 0.25) is 5.88 Å². The molecule has 1 heterocycles. The number of halogens is 2. The fourth-order valence-corrected chi connectivity index (χ4v) is 1.79. The summed E-state index contributed by atoms with van der Waals surface area (Å²) >= 11 is 11.9. The Morgan fingerprint density at radius 1 is 1.12 bits per heavy atom. The van der Waals surface area contributed by atoms with E-state index in [1.807, 2.05) is 30.3 Å². The molecule has 0 aliphatic rings. The van der Waals surface area contributed by atoms with Crippen molar-refractivity contribution in [2.75, 3.05) is 12.4 Å². The molecule has 1 aromatic carbocycles. The molecule has 1 N–H and O–H groups in total. The van der Waals surface area contributed by atoms with Crippen LogP contribution in [0.15, 0.2) is 36.4 Å². The lowest BCUT2D eigenvalue weighted by atomic mass is 10.3. The van der Waals surface area contributed by atoms with E-state index in [0.29, 0.717) is 27.5 Å². The van der Waals surface area contributed by atoms with Crippen LogP contribution < -0.4 is 10.1 Å². The Hall–Kier alpha value is -1.45. The van der Waals surface area contributed by atoms with E-state index >= 15 is 0 Å². The van der Waals surface area contributed by atoms with E-state index in [1.165, 1.54) is 0 Å². The minimum Gasteiger partial charge on any atom is -0.437 e. The average Bonchev–Trinajstić information content (AvgIpc) is 2.34. The average molecular weight is 269 g/mol. The molecule has 0 atom stereocenters. The van der Waals surface area contributed by atoms with E-state index in [1.54, 1.807) is 13.1 Å². The minimum absolute atomic E-state index is 0.326. The summed E-state index contributed by atoms with van der Waals surface area (Å²) in [6, 6.07) is 10.9. The number of rotatable bonds is 3. The van der Waals surface area contributed by atoms with Gasteiger partial charge < -0.3 is 10.1 Å². The number of anilines is 1. The molecular formula is C12H10Cl2N2O. The van der Waals surface area contributed by atoms with Crippen LogP contribution in [0.5, 0.6) is 11.6 Å². The van der Waals surface area contributed by atoms with E-state index < -0.39 is 0 Å². The van der Waals surface area contributed by atoms with Crippen molar-refractivity contribution in [2.45, 2.75) is 0 Å². The molecule has 0 aliphatic carbocycles. The second-order valence-corrected chi connectivity index (χ2v) is 4.09. The summed E-state index contributed by atoms with van der Waals surface area (Å²) in [5.74, 6) is 1.53. The first-order chi connectivity index (χ1) is 8.20. The Balaban J connectivity index is 2.33. The zero-order chi connectivity index (χ0) is 12.3. The third-order valence-electron chi connectivity index (χ3n) is 2.09. The van der Waals surface area contributed by atoms with Crippen molar-refractivity contribution in [1.29, 1.82) is 0 Å². The fourth-order valence-electron chi connectivity index (χ4n) is 1.30. The maximum Gasteiger partial charge on any atom is 0.240 e. The summed E-state index contributed by atoms with van der Waals surface area (Å²) in [6.07, 6.45) is 0. The number of benzene rings is 1. The number of pyridine rings is 1. The smallest absolute Gasteiger partial charge is 0.240 e. The number of ether oxygens (including phenoxy) is 1. The zero-order valence-corrected chi connectivity index (χ0v) is 10.6. The van der Waals surface area contributed by atoms with Gasteiger partial charge in [0.1, 0.15) is 16.6 Å². The van der Waals surface area contributed by atoms with E-state index in [4.69, 9.17) is 27.9 Å². The predicted octanol–water partition coefficient (Wildman–Crippen LogP) is 4.22. The monoisotopic (exact) mass is 268 g/mol. The van der Waals surface area contributed by atoms with Crippen molar-refractivity contribution in [3.8, 4) is 11.6 Å². The fraction of sp³-hybridized carbons (Fsp3) is 0.0833. The number of nitrogens with zero attached hydrogens (tertiary/aromatic N) is 1. The molecule has 0 saturated heterocycles. The number of para-hydroxylation sites is 1. The van der Waals surface area contributed by atoms with Crippen molar-refractivity contribution >= 4 is 29.0 Å². The van der Waals surface area contributed by atoms with Crippen LogP contribution in [-0.4, -0.2) is 12.0 Å².